The molecule has 0 heterocycles. The summed E-state index contributed by atoms with van der Waals surface area (Å²) in [6.07, 6.45) is 0.877. The SMILES string of the molecule is Cc1ccc(C)c(OCCCOc2ccccc2)c1. The van der Waals surface area contributed by atoms with E-state index in [0.717, 1.165) is 17.9 Å². The van der Waals surface area contributed by atoms with Crippen LogP contribution < -0.4 is 9.47 Å². The molecule has 2 heteroatoms. The largest absolute Gasteiger partial charge is 0.493 e. The molecule has 0 aliphatic carbocycles. The van der Waals surface area contributed by atoms with Crippen LogP contribution in [0, 0.1) is 13.8 Å². The summed E-state index contributed by atoms with van der Waals surface area (Å²) in [5, 5.41) is 0. The Balaban J connectivity index is 1.71. The molecule has 0 radical (unpaired) electrons. The lowest BCUT2D eigenvalue weighted by atomic mass is 10.1. The minimum atomic E-state index is 0.675. The number of ether oxygens (including phenoxy) is 2. The number of hydrogen-bond donors (Lipinski definition) is 0. The maximum Gasteiger partial charge on any atom is 0.122 e. The minimum Gasteiger partial charge on any atom is -0.493 e. The van der Waals surface area contributed by atoms with Crippen LogP contribution in [0.5, 0.6) is 11.5 Å². The summed E-state index contributed by atoms with van der Waals surface area (Å²) in [7, 11) is 0. The molecule has 2 nitrogen and oxygen atoms in total. The summed E-state index contributed by atoms with van der Waals surface area (Å²) in [6.45, 7) is 5.49. The fourth-order valence-electron chi connectivity index (χ4n) is 1.81. The first kappa shape index (κ1) is 13.5. The number of para-hydroxylation sites is 1. The fourth-order valence-corrected chi connectivity index (χ4v) is 1.81. The normalized spacial score (nSPS) is 10.2. The van der Waals surface area contributed by atoms with E-state index in [1.54, 1.807) is 0 Å². The lowest BCUT2D eigenvalue weighted by Gasteiger charge is -2.10. The van der Waals surface area contributed by atoms with Gasteiger partial charge < -0.3 is 9.47 Å². The van der Waals surface area contributed by atoms with Gasteiger partial charge >= 0.3 is 0 Å². The molecule has 0 aliphatic heterocycles. The van der Waals surface area contributed by atoms with Crippen molar-refractivity contribution in [2.45, 2.75) is 20.3 Å². The van der Waals surface area contributed by atoms with Crippen molar-refractivity contribution in [1.82, 2.24) is 0 Å². The predicted molar refractivity (Wildman–Crippen MR) is 78.0 cm³/mol. The van der Waals surface area contributed by atoms with Gasteiger partial charge in [0.1, 0.15) is 11.5 Å². The lowest BCUT2D eigenvalue weighted by molar-refractivity contribution is 0.246. The molecule has 19 heavy (non-hydrogen) atoms. The van der Waals surface area contributed by atoms with E-state index in [-0.39, 0.29) is 0 Å². The second kappa shape index (κ2) is 6.83. The molecule has 0 fully saturated rings. The summed E-state index contributed by atoms with van der Waals surface area (Å²) in [6, 6.07) is 16.1. The molecule has 100 valence electrons. The summed E-state index contributed by atoms with van der Waals surface area (Å²) >= 11 is 0. The number of hydrogen-bond acceptors (Lipinski definition) is 2. The molecule has 0 unspecified atom stereocenters. The molecule has 0 bridgehead atoms. The van der Waals surface area contributed by atoms with Crippen molar-refractivity contribution in [3.8, 4) is 11.5 Å². The molecule has 0 N–H and O–H groups in total. The maximum absolute atomic E-state index is 5.78. The fraction of sp³-hybridized carbons (Fsp3) is 0.294. The van der Waals surface area contributed by atoms with Crippen molar-refractivity contribution >= 4 is 0 Å². The minimum absolute atomic E-state index is 0.675. The van der Waals surface area contributed by atoms with Crippen LogP contribution in [-0.2, 0) is 0 Å². The average Bonchev–Trinajstić information content (AvgIpc) is 2.43. The molecule has 0 atom stereocenters. The van der Waals surface area contributed by atoms with Crippen LogP contribution in [0.4, 0.5) is 0 Å². The van der Waals surface area contributed by atoms with Crippen molar-refractivity contribution in [2.24, 2.45) is 0 Å². The molecule has 0 amide bonds. The predicted octanol–water partition coefficient (Wildman–Crippen LogP) is 4.15. The third-order valence-electron chi connectivity index (χ3n) is 2.90. The van der Waals surface area contributed by atoms with Gasteiger partial charge in [-0.2, -0.15) is 0 Å². The van der Waals surface area contributed by atoms with Crippen molar-refractivity contribution in [3.63, 3.8) is 0 Å². The van der Waals surface area contributed by atoms with Gasteiger partial charge in [-0.25, -0.2) is 0 Å². The molecule has 2 rings (SSSR count). The topological polar surface area (TPSA) is 18.5 Å². The summed E-state index contributed by atoms with van der Waals surface area (Å²) in [5.41, 5.74) is 2.40. The van der Waals surface area contributed by atoms with E-state index in [1.165, 1.54) is 11.1 Å². The lowest BCUT2D eigenvalue weighted by Crippen LogP contribution is -2.05. The summed E-state index contributed by atoms with van der Waals surface area (Å²) in [5.74, 6) is 1.88. The highest BCUT2D eigenvalue weighted by Gasteiger charge is 1.99. The Hall–Kier alpha value is -1.96. The van der Waals surface area contributed by atoms with E-state index < -0.39 is 0 Å². The van der Waals surface area contributed by atoms with Gasteiger partial charge in [0.15, 0.2) is 0 Å². The van der Waals surface area contributed by atoms with E-state index >= 15 is 0 Å². The molecule has 0 aliphatic rings. The Labute approximate surface area is 115 Å². The Bertz CT molecular complexity index is 506. The quantitative estimate of drug-likeness (QED) is 0.723. The van der Waals surface area contributed by atoms with Crippen LogP contribution in [0.2, 0.25) is 0 Å². The molecule has 0 spiro atoms. The maximum atomic E-state index is 5.78. The molecule has 2 aromatic carbocycles. The van der Waals surface area contributed by atoms with E-state index in [0.29, 0.717) is 13.2 Å². The van der Waals surface area contributed by atoms with Crippen molar-refractivity contribution in [2.75, 3.05) is 13.2 Å². The number of rotatable bonds is 6. The van der Waals surface area contributed by atoms with Gasteiger partial charge in [-0.1, -0.05) is 30.3 Å². The zero-order valence-electron chi connectivity index (χ0n) is 11.6. The van der Waals surface area contributed by atoms with Crippen LogP contribution in [0.3, 0.4) is 0 Å². The third kappa shape index (κ3) is 4.32. The molecule has 0 aromatic heterocycles. The highest BCUT2D eigenvalue weighted by Crippen LogP contribution is 2.19. The van der Waals surface area contributed by atoms with Crippen LogP contribution in [0.15, 0.2) is 48.5 Å². The van der Waals surface area contributed by atoms with Crippen molar-refractivity contribution in [1.29, 1.82) is 0 Å². The Morgan fingerprint density at radius 1 is 0.842 bits per heavy atom. The van der Waals surface area contributed by atoms with Gasteiger partial charge in [-0.15, -0.1) is 0 Å². The first-order chi connectivity index (χ1) is 9.25. The number of aryl methyl sites for hydroxylation is 2. The first-order valence-corrected chi connectivity index (χ1v) is 6.63. The molecule has 0 saturated heterocycles. The van der Waals surface area contributed by atoms with Gasteiger partial charge in [0.2, 0.25) is 0 Å². The first-order valence-electron chi connectivity index (χ1n) is 6.63. The Kier molecular flexibility index (Phi) is 4.85. The molecule has 0 saturated carbocycles. The molecular formula is C17H20O2. The second-order valence-corrected chi connectivity index (χ2v) is 4.63. The number of benzene rings is 2. The van der Waals surface area contributed by atoms with E-state index in [2.05, 4.69) is 32.0 Å². The van der Waals surface area contributed by atoms with Crippen LogP contribution in [0.1, 0.15) is 17.5 Å². The van der Waals surface area contributed by atoms with Crippen LogP contribution >= 0.6 is 0 Å². The zero-order chi connectivity index (χ0) is 13.5. The van der Waals surface area contributed by atoms with Gasteiger partial charge in [0.25, 0.3) is 0 Å². The Morgan fingerprint density at radius 3 is 2.37 bits per heavy atom. The van der Waals surface area contributed by atoms with Crippen molar-refractivity contribution in [3.05, 3.63) is 59.7 Å². The van der Waals surface area contributed by atoms with Gasteiger partial charge in [0, 0.05) is 6.42 Å². The van der Waals surface area contributed by atoms with E-state index in [1.807, 2.05) is 30.3 Å². The highest BCUT2D eigenvalue weighted by atomic mass is 16.5. The highest BCUT2D eigenvalue weighted by molar-refractivity contribution is 5.35. The standard InChI is InChI=1S/C17H20O2/c1-14-9-10-15(2)17(13-14)19-12-6-11-18-16-7-4-3-5-8-16/h3-5,7-10,13H,6,11-12H2,1-2H3. The molecular weight excluding hydrogens is 236 g/mol. The Morgan fingerprint density at radius 2 is 1.58 bits per heavy atom. The van der Waals surface area contributed by atoms with Gasteiger partial charge in [0.05, 0.1) is 13.2 Å². The van der Waals surface area contributed by atoms with Crippen molar-refractivity contribution < 1.29 is 9.47 Å². The van der Waals surface area contributed by atoms with E-state index in [9.17, 15) is 0 Å². The van der Waals surface area contributed by atoms with Crippen LogP contribution in [-0.4, -0.2) is 13.2 Å². The third-order valence-corrected chi connectivity index (χ3v) is 2.90. The monoisotopic (exact) mass is 256 g/mol. The van der Waals surface area contributed by atoms with Crippen LogP contribution in [0.25, 0.3) is 0 Å². The smallest absolute Gasteiger partial charge is 0.122 e. The summed E-state index contributed by atoms with van der Waals surface area (Å²) < 4.78 is 11.4. The molecule has 2 aromatic rings. The summed E-state index contributed by atoms with van der Waals surface area (Å²) in [4.78, 5) is 0. The second-order valence-electron chi connectivity index (χ2n) is 4.63. The average molecular weight is 256 g/mol. The van der Waals surface area contributed by atoms with Gasteiger partial charge in [-0.3, -0.25) is 0 Å². The van der Waals surface area contributed by atoms with Gasteiger partial charge in [-0.05, 0) is 43.2 Å². The zero-order valence-corrected chi connectivity index (χ0v) is 11.6. The van der Waals surface area contributed by atoms with E-state index in [4.69, 9.17) is 9.47 Å².